The van der Waals surface area contributed by atoms with Gasteiger partial charge in [-0.05, 0) is 11.6 Å². The standard InChI is InChI=1S/C11H5N3O2/c12-4-6(5-13)7-2-1-3-8-9(7)10(15)11(16)14-8/h1-3,9H,(H,14,16). The van der Waals surface area contributed by atoms with Crippen LogP contribution in [0.15, 0.2) is 35.1 Å². The molecule has 0 saturated carbocycles. The summed E-state index contributed by atoms with van der Waals surface area (Å²) >= 11 is 0. The van der Waals surface area contributed by atoms with Crippen LogP contribution in [0.2, 0.25) is 0 Å². The SMILES string of the molecule is N#CC(C#N)=C1C=CC=C2NC(=O)C(=O)C21. The van der Waals surface area contributed by atoms with E-state index in [-0.39, 0.29) is 11.1 Å². The molecule has 1 aliphatic carbocycles. The molecule has 0 spiro atoms. The van der Waals surface area contributed by atoms with Crippen molar-refractivity contribution >= 4 is 11.7 Å². The van der Waals surface area contributed by atoms with Gasteiger partial charge in [-0.15, -0.1) is 0 Å². The van der Waals surface area contributed by atoms with Crippen molar-refractivity contribution in [2.75, 3.05) is 0 Å². The largest absolute Gasteiger partial charge is 0.322 e. The highest BCUT2D eigenvalue weighted by molar-refractivity contribution is 6.41. The first-order chi connectivity index (χ1) is 7.69. The molecule has 0 aromatic rings. The molecule has 0 aromatic carbocycles. The van der Waals surface area contributed by atoms with Crippen LogP contribution in [0, 0.1) is 28.6 Å². The molecular formula is C11H5N3O2. The summed E-state index contributed by atoms with van der Waals surface area (Å²) in [5.41, 5.74) is 0.568. The second kappa shape index (κ2) is 3.48. The number of allylic oxidation sites excluding steroid dienone is 5. The van der Waals surface area contributed by atoms with E-state index < -0.39 is 17.6 Å². The second-order valence-electron chi connectivity index (χ2n) is 3.29. The molecule has 0 aromatic heterocycles. The molecule has 0 radical (unpaired) electrons. The molecule has 1 saturated heterocycles. The highest BCUT2D eigenvalue weighted by Crippen LogP contribution is 2.31. The van der Waals surface area contributed by atoms with Crippen molar-refractivity contribution in [1.29, 1.82) is 10.5 Å². The number of carbonyl (C=O) groups is 2. The molecule has 16 heavy (non-hydrogen) atoms. The van der Waals surface area contributed by atoms with E-state index in [2.05, 4.69) is 5.32 Å². The normalized spacial score (nSPS) is 21.8. The van der Waals surface area contributed by atoms with Crippen LogP contribution in [0.1, 0.15) is 0 Å². The molecule has 76 valence electrons. The Hall–Kier alpha value is -2.66. The van der Waals surface area contributed by atoms with Crippen molar-refractivity contribution in [2.45, 2.75) is 0 Å². The van der Waals surface area contributed by atoms with Gasteiger partial charge in [-0.2, -0.15) is 10.5 Å². The van der Waals surface area contributed by atoms with E-state index in [9.17, 15) is 9.59 Å². The molecule has 5 nitrogen and oxygen atoms in total. The van der Waals surface area contributed by atoms with E-state index in [1.165, 1.54) is 6.08 Å². The third-order valence-corrected chi connectivity index (χ3v) is 2.43. The number of hydrogen-bond acceptors (Lipinski definition) is 4. The predicted molar refractivity (Wildman–Crippen MR) is 52.1 cm³/mol. The van der Waals surface area contributed by atoms with Crippen LogP contribution < -0.4 is 5.32 Å². The Kier molecular flexibility index (Phi) is 2.15. The molecule has 1 amide bonds. The minimum absolute atomic E-state index is 0.142. The molecule has 1 N–H and O–H groups in total. The van der Waals surface area contributed by atoms with Crippen molar-refractivity contribution in [3.8, 4) is 12.1 Å². The summed E-state index contributed by atoms with van der Waals surface area (Å²) in [6.45, 7) is 0. The summed E-state index contributed by atoms with van der Waals surface area (Å²) in [6.07, 6.45) is 4.69. The average molecular weight is 211 g/mol. The average Bonchev–Trinajstić information content (AvgIpc) is 2.57. The molecule has 1 heterocycles. The lowest BCUT2D eigenvalue weighted by atomic mass is 9.87. The second-order valence-corrected chi connectivity index (χ2v) is 3.29. The van der Waals surface area contributed by atoms with Crippen LogP contribution in [-0.2, 0) is 9.59 Å². The molecule has 1 fully saturated rings. The van der Waals surface area contributed by atoms with Gasteiger partial charge in [0.05, 0.1) is 5.92 Å². The van der Waals surface area contributed by atoms with Crippen molar-refractivity contribution in [3.05, 3.63) is 35.1 Å². The molecule has 2 rings (SSSR count). The molecule has 1 unspecified atom stereocenters. The molecule has 2 aliphatic rings. The fourth-order valence-electron chi connectivity index (χ4n) is 1.72. The summed E-state index contributed by atoms with van der Waals surface area (Å²) in [4.78, 5) is 22.7. The van der Waals surface area contributed by atoms with E-state index in [0.29, 0.717) is 5.70 Å². The zero-order valence-electron chi connectivity index (χ0n) is 8.02. The van der Waals surface area contributed by atoms with Crippen molar-refractivity contribution < 1.29 is 9.59 Å². The maximum absolute atomic E-state index is 11.5. The summed E-state index contributed by atoms with van der Waals surface area (Å²) in [5.74, 6) is -2.15. The van der Waals surface area contributed by atoms with E-state index in [0.717, 1.165) is 0 Å². The van der Waals surface area contributed by atoms with E-state index >= 15 is 0 Å². The van der Waals surface area contributed by atoms with Crippen LogP contribution in [0.3, 0.4) is 0 Å². The molecule has 1 atom stereocenters. The number of fused-ring (bicyclic) bond motifs is 1. The third-order valence-electron chi connectivity index (χ3n) is 2.43. The maximum Gasteiger partial charge on any atom is 0.292 e. The van der Waals surface area contributed by atoms with Gasteiger partial charge >= 0.3 is 0 Å². The van der Waals surface area contributed by atoms with Gasteiger partial charge in [-0.1, -0.05) is 12.2 Å². The fraction of sp³-hybridized carbons (Fsp3) is 0.0909. The van der Waals surface area contributed by atoms with Gasteiger partial charge < -0.3 is 5.32 Å². The first-order valence-corrected chi connectivity index (χ1v) is 4.47. The number of nitrogens with one attached hydrogen (secondary N) is 1. The maximum atomic E-state index is 11.5. The number of carbonyl (C=O) groups excluding carboxylic acids is 2. The van der Waals surface area contributed by atoms with E-state index in [1.54, 1.807) is 24.3 Å². The Morgan fingerprint density at radius 2 is 2.00 bits per heavy atom. The Labute approximate surface area is 91.0 Å². The lowest BCUT2D eigenvalue weighted by Crippen LogP contribution is -2.19. The molecule has 1 aliphatic heterocycles. The monoisotopic (exact) mass is 211 g/mol. The first kappa shape index (κ1) is 9.88. The van der Waals surface area contributed by atoms with Crippen LogP contribution in [0.5, 0.6) is 0 Å². The minimum atomic E-state index is -0.813. The van der Waals surface area contributed by atoms with Gasteiger partial charge in [0.1, 0.15) is 17.7 Å². The summed E-state index contributed by atoms with van der Waals surface area (Å²) in [5, 5.41) is 19.9. The highest BCUT2D eigenvalue weighted by atomic mass is 16.2. The molecular weight excluding hydrogens is 206 g/mol. The third kappa shape index (κ3) is 1.23. The summed E-state index contributed by atoms with van der Waals surface area (Å²) in [6, 6.07) is 3.44. The van der Waals surface area contributed by atoms with Gasteiger partial charge in [0.2, 0.25) is 5.78 Å². The Morgan fingerprint density at radius 3 is 2.62 bits per heavy atom. The van der Waals surface area contributed by atoms with E-state index in [1.807, 2.05) is 0 Å². The fourth-order valence-corrected chi connectivity index (χ4v) is 1.72. The number of nitriles is 2. The van der Waals surface area contributed by atoms with Gasteiger partial charge in [0.25, 0.3) is 5.91 Å². The minimum Gasteiger partial charge on any atom is -0.322 e. The van der Waals surface area contributed by atoms with Crippen LogP contribution in [0.4, 0.5) is 0 Å². The zero-order valence-corrected chi connectivity index (χ0v) is 8.02. The Morgan fingerprint density at radius 1 is 1.31 bits per heavy atom. The number of rotatable bonds is 0. The number of ketones is 1. The van der Waals surface area contributed by atoms with Crippen LogP contribution in [-0.4, -0.2) is 11.7 Å². The van der Waals surface area contributed by atoms with Gasteiger partial charge in [0, 0.05) is 5.70 Å². The lowest BCUT2D eigenvalue weighted by Gasteiger charge is -2.13. The van der Waals surface area contributed by atoms with Gasteiger partial charge in [0.15, 0.2) is 0 Å². The highest BCUT2D eigenvalue weighted by Gasteiger charge is 2.40. The van der Waals surface area contributed by atoms with Gasteiger partial charge in [-0.25, -0.2) is 0 Å². The predicted octanol–water partition coefficient (Wildman–Crippen LogP) is 0.0990. The van der Waals surface area contributed by atoms with Crippen molar-refractivity contribution in [1.82, 2.24) is 5.32 Å². The number of hydrogen-bond donors (Lipinski definition) is 1. The number of nitrogens with zero attached hydrogens (tertiary/aromatic N) is 2. The summed E-state index contributed by atoms with van der Waals surface area (Å²) in [7, 11) is 0. The van der Waals surface area contributed by atoms with Crippen molar-refractivity contribution in [2.24, 2.45) is 5.92 Å². The Bertz CT molecular complexity index is 551. The molecule has 0 bridgehead atoms. The van der Waals surface area contributed by atoms with E-state index in [4.69, 9.17) is 10.5 Å². The molecule has 5 heteroatoms. The first-order valence-electron chi connectivity index (χ1n) is 4.47. The topological polar surface area (TPSA) is 93.8 Å². The quantitative estimate of drug-likeness (QED) is 0.454. The number of Topliss-reactive ketones (excluding diaryl/α,β-unsaturated/α-hetero) is 1. The van der Waals surface area contributed by atoms with Gasteiger partial charge in [-0.3, -0.25) is 9.59 Å². The smallest absolute Gasteiger partial charge is 0.292 e. The lowest BCUT2D eigenvalue weighted by molar-refractivity contribution is -0.136. The van der Waals surface area contributed by atoms with Crippen molar-refractivity contribution in [3.63, 3.8) is 0 Å². The summed E-state index contributed by atoms with van der Waals surface area (Å²) < 4.78 is 0. The van der Waals surface area contributed by atoms with Crippen LogP contribution in [0.25, 0.3) is 0 Å². The van der Waals surface area contributed by atoms with Crippen LogP contribution >= 0.6 is 0 Å². The zero-order chi connectivity index (χ0) is 11.7. The Balaban J connectivity index is 2.59. The number of amides is 1.